The Balaban J connectivity index is 1.69. The van der Waals surface area contributed by atoms with E-state index < -0.39 is 16.1 Å². The van der Waals surface area contributed by atoms with Gasteiger partial charge in [0.05, 0.1) is 18.6 Å². The van der Waals surface area contributed by atoms with E-state index in [1.165, 1.54) is 6.26 Å². The van der Waals surface area contributed by atoms with E-state index in [2.05, 4.69) is 10.0 Å². The Labute approximate surface area is 128 Å². The lowest BCUT2D eigenvalue weighted by molar-refractivity contribution is 0.201. The highest BCUT2D eigenvalue weighted by Gasteiger charge is 2.12. The molecule has 0 bridgehead atoms. The summed E-state index contributed by atoms with van der Waals surface area (Å²) in [4.78, 5) is 11.5. The highest BCUT2D eigenvalue weighted by atomic mass is 32.2. The SMILES string of the molecule is O=C(NCCS(=O)(=O)NCc1ccco1)Oc1ccccc1. The number of carbonyl (C=O) groups excluding carboxylic acids is 1. The van der Waals surface area contributed by atoms with Crippen molar-refractivity contribution in [3.63, 3.8) is 0 Å². The van der Waals surface area contributed by atoms with Crippen LogP contribution in [0.4, 0.5) is 4.79 Å². The topological polar surface area (TPSA) is 97.6 Å². The van der Waals surface area contributed by atoms with Crippen LogP contribution in [0.25, 0.3) is 0 Å². The second-order valence-corrected chi connectivity index (χ2v) is 6.28. The fraction of sp³-hybridized carbons (Fsp3) is 0.214. The van der Waals surface area contributed by atoms with E-state index in [1.807, 2.05) is 0 Å². The van der Waals surface area contributed by atoms with Crippen LogP contribution in [0.5, 0.6) is 5.75 Å². The molecule has 0 aliphatic rings. The zero-order valence-electron chi connectivity index (χ0n) is 11.7. The van der Waals surface area contributed by atoms with Gasteiger partial charge in [-0.15, -0.1) is 0 Å². The van der Waals surface area contributed by atoms with Crippen LogP contribution in [0.15, 0.2) is 53.1 Å². The maximum absolute atomic E-state index is 11.7. The van der Waals surface area contributed by atoms with Gasteiger partial charge in [0.2, 0.25) is 10.0 Å². The smallest absolute Gasteiger partial charge is 0.412 e. The average molecular weight is 324 g/mol. The first-order chi connectivity index (χ1) is 10.6. The van der Waals surface area contributed by atoms with Gasteiger partial charge in [0.25, 0.3) is 0 Å². The number of nitrogens with one attached hydrogen (secondary N) is 2. The van der Waals surface area contributed by atoms with Gasteiger partial charge < -0.3 is 14.5 Å². The van der Waals surface area contributed by atoms with Gasteiger partial charge in [-0.25, -0.2) is 17.9 Å². The Morgan fingerprint density at radius 1 is 1.14 bits per heavy atom. The van der Waals surface area contributed by atoms with Gasteiger partial charge in [0, 0.05) is 6.54 Å². The molecule has 0 radical (unpaired) electrons. The number of amides is 1. The van der Waals surface area contributed by atoms with Crippen LogP contribution >= 0.6 is 0 Å². The van der Waals surface area contributed by atoms with Gasteiger partial charge in [0.15, 0.2) is 0 Å². The molecule has 1 aromatic heterocycles. The summed E-state index contributed by atoms with van der Waals surface area (Å²) in [6.45, 7) is 0.0168. The minimum absolute atomic E-state index is 0.0564. The van der Waals surface area contributed by atoms with Crippen LogP contribution in [-0.2, 0) is 16.6 Å². The lowest BCUT2D eigenvalue weighted by Gasteiger charge is -2.07. The zero-order valence-corrected chi connectivity index (χ0v) is 12.5. The molecule has 0 spiro atoms. The van der Waals surface area contributed by atoms with Crippen molar-refractivity contribution in [1.29, 1.82) is 0 Å². The Bertz CT molecular complexity index is 683. The van der Waals surface area contributed by atoms with Crippen LogP contribution in [0.1, 0.15) is 5.76 Å². The van der Waals surface area contributed by atoms with E-state index in [0.29, 0.717) is 11.5 Å². The van der Waals surface area contributed by atoms with Gasteiger partial charge in [0.1, 0.15) is 11.5 Å². The third kappa shape index (κ3) is 5.58. The van der Waals surface area contributed by atoms with Crippen LogP contribution in [0, 0.1) is 0 Å². The molecule has 2 rings (SSSR count). The lowest BCUT2D eigenvalue weighted by Crippen LogP contribution is -2.35. The predicted octanol–water partition coefficient (Wildman–Crippen LogP) is 1.49. The molecule has 22 heavy (non-hydrogen) atoms. The average Bonchev–Trinajstić information content (AvgIpc) is 2.99. The number of hydrogen-bond acceptors (Lipinski definition) is 5. The number of hydrogen-bond donors (Lipinski definition) is 2. The third-order valence-electron chi connectivity index (χ3n) is 2.64. The Morgan fingerprint density at radius 3 is 2.59 bits per heavy atom. The van der Waals surface area contributed by atoms with Crippen LogP contribution < -0.4 is 14.8 Å². The van der Waals surface area contributed by atoms with Crippen molar-refractivity contribution in [1.82, 2.24) is 10.0 Å². The van der Waals surface area contributed by atoms with Crippen molar-refractivity contribution in [2.45, 2.75) is 6.54 Å². The largest absolute Gasteiger partial charge is 0.468 e. The summed E-state index contributed by atoms with van der Waals surface area (Å²) in [5.41, 5.74) is 0. The van der Waals surface area contributed by atoms with Gasteiger partial charge in [-0.05, 0) is 24.3 Å². The molecule has 1 aromatic carbocycles. The van der Waals surface area contributed by atoms with E-state index in [1.54, 1.807) is 42.5 Å². The number of furan rings is 1. The number of benzene rings is 1. The molecule has 0 unspecified atom stereocenters. The van der Waals surface area contributed by atoms with Gasteiger partial charge in [-0.2, -0.15) is 0 Å². The Kier molecular flexibility index (Phi) is 5.56. The molecule has 0 saturated carbocycles. The summed E-state index contributed by atoms with van der Waals surface area (Å²) in [5.74, 6) is 0.649. The van der Waals surface area contributed by atoms with Crippen molar-refractivity contribution < 1.29 is 22.4 Å². The van der Waals surface area contributed by atoms with Crippen molar-refractivity contribution in [2.24, 2.45) is 0 Å². The molecule has 2 N–H and O–H groups in total. The van der Waals surface area contributed by atoms with E-state index in [4.69, 9.17) is 9.15 Å². The number of rotatable bonds is 7. The predicted molar refractivity (Wildman–Crippen MR) is 79.8 cm³/mol. The number of para-hydroxylation sites is 1. The van der Waals surface area contributed by atoms with E-state index in [9.17, 15) is 13.2 Å². The second-order valence-electron chi connectivity index (χ2n) is 4.35. The first kappa shape index (κ1) is 16.1. The zero-order chi connectivity index (χ0) is 15.8. The van der Waals surface area contributed by atoms with Crippen molar-refractivity contribution >= 4 is 16.1 Å². The molecule has 0 saturated heterocycles. The Morgan fingerprint density at radius 2 is 1.91 bits per heavy atom. The molecule has 1 heterocycles. The number of ether oxygens (including phenoxy) is 1. The van der Waals surface area contributed by atoms with Crippen molar-refractivity contribution in [3.05, 3.63) is 54.5 Å². The van der Waals surface area contributed by atoms with Gasteiger partial charge >= 0.3 is 6.09 Å². The van der Waals surface area contributed by atoms with Crippen molar-refractivity contribution in [3.8, 4) is 5.75 Å². The number of sulfonamides is 1. The maximum atomic E-state index is 11.7. The molecule has 7 nitrogen and oxygen atoms in total. The standard InChI is InChI=1S/C14H16N2O5S/c17-14(21-12-5-2-1-3-6-12)15-8-10-22(18,19)16-11-13-7-4-9-20-13/h1-7,9,16H,8,10-11H2,(H,15,17). The van der Waals surface area contributed by atoms with Gasteiger partial charge in [-0.3, -0.25) is 0 Å². The third-order valence-corrected chi connectivity index (χ3v) is 3.97. The highest BCUT2D eigenvalue weighted by molar-refractivity contribution is 7.89. The molecule has 0 fully saturated rings. The summed E-state index contributed by atoms with van der Waals surface area (Å²) in [7, 11) is -3.51. The second kappa shape index (κ2) is 7.62. The molecule has 0 atom stereocenters. The Hall–Kier alpha value is -2.32. The highest BCUT2D eigenvalue weighted by Crippen LogP contribution is 2.07. The van der Waals surface area contributed by atoms with Gasteiger partial charge in [-0.1, -0.05) is 18.2 Å². The lowest BCUT2D eigenvalue weighted by atomic mass is 10.3. The maximum Gasteiger partial charge on any atom is 0.412 e. The minimum Gasteiger partial charge on any atom is -0.468 e. The molecule has 1 amide bonds. The fourth-order valence-corrected chi connectivity index (χ4v) is 2.46. The molecular weight excluding hydrogens is 308 g/mol. The van der Waals surface area contributed by atoms with Crippen LogP contribution in [-0.4, -0.2) is 26.8 Å². The molecule has 8 heteroatoms. The summed E-state index contributed by atoms with van der Waals surface area (Å²) in [6.07, 6.45) is 0.762. The normalized spacial score (nSPS) is 11.1. The number of carbonyl (C=O) groups is 1. The van der Waals surface area contributed by atoms with E-state index >= 15 is 0 Å². The summed E-state index contributed by atoms with van der Waals surface area (Å²) in [6, 6.07) is 11.8. The van der Waals surface area contributed by atoms with E-state index in [-0.39, 0.29) is 18.8 Å². The molecule has 0 aliphatic carbocycles. The van der Waals surface area contributed by atoms with E-state index in [0.717, 1.165) is 0 Å². The molecule has 118 valence electrons. The van der Waals surface area contributed by atoms with Crippen LogP contribution in [0.3, 0.4) is 0 Å². The van der Waals surface area contributed by atoms with Crippen LogP contribution in [0.2, 0.25) is 0 Å². The minimum atomic E-state index is -3.51. The van der Waals surface area contributed by atoms with Crippen molar-refractivity contribution in [2.75, 3.05) is 12.3 Å². The quantitative estimate of drug-likeness (QED) is 0.804. The summed E-state index contributed by atoms with van der Waals surface area (Å²) >= 11 is 0. The fourth-order valence-electron chi connectivity index (χ4n) is 1.59. The first-order valence-electron chi connectivity index (χ1n) is 6.56. The monoisotopic (exact) mass is 324 g/mol. The summed E-state index contributed by atoms with van der Waals surface area (Å²) in [5, 5.41) is 2.38. The molecule has 0 aliphatic heterocycles. The molecular formula is C14H16N2O5S. The molecule has 2 aromatic rings. The summed E-state index contributed by atoms with van der Waals surface area (Å²) < 4.78 is 35.8. The first-order valence-corrected chi connectivity index (χ1v) is 8.21.